The van der Waals surface area contributed by atoms with E-state index in [1.807, 2.05) is 0 Å². The van der Waals surface area contributed by atoms with E-state index in [4.69, 9.17) is 4.98 Å². The largest absolute Gasteiger partial charge is 0.354 e. The van der Waals surface area contributed by atoms with E-state index in [9.17, 15) is 0 Å². The van der Waals surface area contributed by atoms with Crippen LogP contribution in [0.5, 0.6) is 0 Å². The second kappa shape index (κ2) is 6.97. The molecule has 3 rings (SSSR count). The molecule has 4 heteroatoms. The van der Waals surface area contributed by atoms with E-state index in [0.29, 0.717) is 6.04 Å². The summed E-state index contributed by atoms with van der Waals surface area (Å²) in [6, 6.07) is 5.12. The van der Waals surface area contributed by atoms with Crippen molar-refractivity contribution in [3.8, 4) is 0 Å². The van der Waals surface area contributed by atoms with Crippen molar-refractivity contribution in [2.24, 2.45) is 5.92 Å². The van der Waals surface area contributed by atoms with Crippen molar-refractivity contribution in [2.45, 2.75) is 32.7 Å². The molecular formula is C18H30N4. The molecule has 2 fully saturated rings. The normalized spacial score (nSPS) is 24.4. The second-order valence-electron chi connectivity index (χ2n) is 7.29. The van der Waals surface area contributed by atoms with Crippen LogP contribution in [-0.2, 0) is 0 Å². The molecule has 1 aromatic heterocycles. The van der Waals surface area contributed by atoms with Gasteiger partial charge < -0.3 is 9.80 Å². The third-order valence-corrected chi connectivity index (χ3v) is 4.95. The first-order valence-corrected chi connectivity index (χ1v) is 8.77. The van der Waals surface area contributed by atoms with Crippen LogP contribution in [-0.4, -0.2) is 61.1 Å². The van der Waals surface area contributed by atoms with Gasteiger partial charge in [-0.2, -0.15) is 0 Å². The fourth-order valence-electron chi connectivity index (χ4n) is 3.71. The maximum Gasteiger partial charge on any atom is 0.128 e. The van der Waals surface area contributed by atoms with Gasteiger partial charge in [-0.25, -0.2) is 4.98 Å². The second-order valence-corrected chi connectivity index (χ2v) is 7.29. The molecule has 0 aliphatic carbocycles. The summed E-state index contributed by atoms with van der Waals surface area (Å²) in [7, 11) is 2.19. The minimum Gasteiger partial charge on any atom is -0.354 e. The van der Waals surface area contributed by atoms with Crippen molar-refractivity contribution in [1.82, 2.24) is 14.8 Å². The predicted octanol–water partition coefficient (Wildman–Crippen LogP) is 2.63. The molecule has 1 atom stereocenters. The number of pyridine rings is 1. The highest BCUT2D eigenvalue weighted by atomic mass is 15.3. The molecule has 1 aromatic rings. The van der Waals surface area contributed by atoms with Crippen LogP contribution >= 0.6 is 0 Å². The van der Waals surface area contributed by atoms with Gasteiger partial charge in [-0.3, -0.25) is 4.90 Å². The Kier molecular flexibility index (Phi) is 4.99. The molecule has 22 heavy (non-hydrogen) atoms. The molecule has 0 bridgehead atoms. The predicted molar refractivity (Wildman–Crippen MR) is 92.3 cm³/mol. The highest BCUT2D eigenvalue weighted by molar-refractivity contribution is 5.40. The Morgan fingerprint density at radius 3 is 2.55 bits per heavy atom. The number of piperazine rings is 1. The number of likely N-dealkylation sites (N-methyl/N-ethyl adjacent to an activating group) is 1. The molecule has 0 spiro atoms. The Balaban J connectivity index is 1.66. The summed E-state index contributed by atoms with van der Waals surface area (Å²) in [6.45, 7) is 11.5. The molecule has 2 aliphatic heterocycles. The molecule has 0 radical (unpaired) electrons. The summed E-state index contributed by atoms with van der Waals surface area (Å²) in [4.78, 5) is 12.2. The van der Waals surface area contributed by atoms with Crippen LogP contribution in [0.3, 0.4) is 0 Å². The molecular weight excluding hydrogens is 272 g/mol. The molecule has 0 aromatic carbocycles. The summed E-state index contributed by atoms with van der Waals surface area (Å²) in [5.41, 5.74) is 1.40. The van der Waals surface area contributed by atoms with Crippen molar-refractivity contribution in [3.63, 3.8) is 0 Å². The smallest absolute Gasteiger partial charge is 0.128 e. The lowest BCUT2D eigenvalue weighted by Crippen LogP contribution is -2.44. The first-order valence-electron chi connectivity index (χ1n) is 8.77. The lowest BCUT2D eigenvalue weighted by atomic mass is 10.1. The topological polar surface area (TPSA) is 22.6 Å². The number of aromatic nitrogens is 1. The molecule has 0 unspecified atom stereocenters. The van der Waals surface area contributed by atoms with E-state index in [2.05, 4.69) is 53.9 Å². The number of nitrogens with zero attached hydrogens (tertiary/aromatic N) is 4. The summed E-state index contributed by atoms with van der Waals surface area (Å²) in [5.74, 6) is 1.88. The lowest BCUT2D eigenvalue weighted by molar-refractivity contribution is 0.228. The summed E-state index contributed by atoms with van der Waals surface area (Å²) in [6.07, 6.45) is 4.72. The zero-order valence-electron chi connectivity index (χ0n) is 14.3. The number of hydrogen-bond donors (Lipinski definition) is 0. The maximum atomic E-state index is 4.77. The lowest BCUT2D eigenvalue weighted by Gasteiger charge is -2.33. The molecule has 0 N–H and O–H groups in total. The third-order valence-electron chi connectivity index (χ3n) is 4.95. The third kappa shape index (κ3) is 3.61. The summed E-state index contributed by atoms with van der Waals surface area (Å²) < 4.78 is 0. The average Bonchev–Trinajstić information content (AvgIpc) is 2.95. The van der Waals surface area contributed by atoms with Gasteiger partial charge >= 0.3 is 0 Å². The van der Waals surface area contributed by atoms with Gasteiger partial charge in [0.05, 0.1) is 0 Å². The molecule has 2 aliphatic rings. The minimum atomic E-state index is 0.580. The van der Waals surface area contributed by atoms with E-state index in [-0.39, 0.29) is 0 Å². The van der Waals surface area contributed by atoms with Crippen LogP contribution in [0.4, 0.5) is 5.82 Å². The van der Waals surface area contributed by atoms with Crippen molar-refractivity contribution in [1.29, 1.82) is 0 Å². The van der Waals surface area contributed by atoms with E-state index >= 15 is 0 Å². The van der Waals surface area contributed by atoms with E-state index in [1.54, 1.807) is 0 Å². The SMILES string of the molecule is CC(C)CN1CCC[C@H]1c1ccc(N2CCN(C)CC2)nc1. The quantitative estimate of drug-likeness (QED) is 0.853. The van der Waals surface area contributed by atoms with E-state index in [1.165, 1.54) is 31.5 Å². The zero-order valence-corrected chi connectivity index (χ0v) is 14.3. The van der Waals surface area contributed by atoms with Gasteiger partial charge in [0.15, 0.2) is 0 Å². The monoisotopic (exact) mass is 302 g/mol. The van der Waals surface area contributed by atoms with Crippen LogP contribution in [0.15, 0.2) is 18.3 Å². The van der Waals surface area contributed by atoms with Crippen LogP contribution in [0.2, 0.25) is 0 Å². The summed E-state index contributed by atoms with van der Waals surface area (Å²) in [5, 5.41) is 0. The van der Waals surface area contributed by atoms with Gasteiger partial charge in [0.1, 0.15) is 5.82 Å². The van der Waals surface area contributed by atoms with Gasteiger partial charge in [-0.05, 0) is 44.0 Å². The van der Waals surface area contributed by atoms with Crippen LogP contribution in [0, 0.1) is 5.92 Å². The first kappa shape index (κ1) is 15.8. The highest BCUT2D eigenvalue weighted by Gasteiger charge is 2.26. The Morgan fingerprint density at radius 1 is 1.14 bits per heavy atom. The first-order chi connectivity index (χ1) is 10.6. The Hall–Kier alpha value is -1.13. The zero-order chi connectivity index (χ0) is 15.5. The molecule has 4 nitrogen and oxygen atoms in total. The van der Waals surface area contributed by atoms with Crippen molar-refractivity contribution >= 4 is 5.82 Å². The van der Waals surface area contributed by atoms with Gasteiger partial charge in [-0.15, -0.1) is 0 Å². The Morgan fingerprint density at radius 2 is 1.91 bits per heavy atom. The molecule has 2 saturated heterocycles. The fourth-order valence-corrected chi connectivity index (χ4v) is 3.71. The van der Waals surface area contributed by atoms with Gasteiger partial charge in [0.2, 0.25) is 0 Å². The molecule has 122 valence electrons. The van der Waals surface area contributed by atoms with Crippen LogP contribution in [0.1, 0.15) is 38.3 Å². The average molecular weight is 302 g/mol. The molecule has 0 amide bonds. The maximum absolute atomic E-state index is 4.77. The van der Waals surface area contributed by atoms with Gasteiger partial charge in [0.25, 0.3) is 0 Å². The minimum absolute atomic E-state index is 0.580. The van der Waals surface area contributed by atoms with Crippen LogP contribution in [0.25, 0.3) is 0 Å². The Labute approximate surface area is 135 Å². The number of rotatable bonds is 4. The Bertz CT molecular complexity index is 462. The van der Waals surface area contributed by atoms with Crippen molar-refractivity contribution in [3.05, 3.63) is 23.9 Å². The van der Waals surface area contributed by atoms with E-state index < -0.39 is 0 Å². The standard InChI is InChI=1S/C18H30N4/c1-15(2)14-22-8-4-5-17(22)16-6-7-18(19-13-16)21-11-9-20(3)10-12-21/h6-7,13,15,17H,4-5,8-12,14H2,1-3H3/t17-/m0/s1. The van der Waals surface area contributed by atoms with Crippen LogP contribution < -0.4 is 4.90 Å². The summed E-state index contributed by atoms with van der Waals surface area (Å²) >= 11 is 0. The van der Waals surface area contributed by atoms with E-state index in [0.717, 1.165) is 37.9 Å². The highest BCUT2D eigenvalue weighted by Crippen LogP contribution is 2.32. The molecule has 3 heterocycles. The van der Waals surface area contributed by atoms with Crippen molar-refractivity contribution < 1.29 is 0 Å². The van der Waals surface area contributed by atoms with Crippen molar-refractivity contribution in [2.75, 3.05) is 51.2 Å². The number of anilines is 1. The number of hydrogen-bond acceptors (Lipinski definition) is 4. The number of likely N-dealkylation sites (tertiary alicyclic amines) is 1. The van der Waals surface area contributed by atoms with Gasteiger partial charge in [-0.1, -0.05) is 19.9 Å². The van der Waals surface area contributed by atoms with Gasteiger partial charge in [0, 0.05) is 45.0 Å². The molecule has 0 saturated carbocycles. The fraction of sp³-hybridized carbons (Fsp3) is 0.722.